The van der Waals surface area contributed by atoms with E-state index in [-0.39, 0.29) is 6.10 Å². The third kappa shape index (κ3) is 2.45. The minimum Gasteiger partial charge on any atom is -0.497 e. The van der Waals surface area contributed by atoms with Crippen LogP contribution in [-0.4, -0.2) is 24.9 Å². The highest BCUT2D eigenvalue weighted by Gasteiger charge is 2.36. The van der Waals surface area contributed by atoms with Gasteiger partial charge in [0.2, 0.25) is 0 Å². The lowest BCUT2D eigenvalue weighted by Crippen LogP contribution is -2.37. The van der Waals surface area contributed by atoms with Gasteiger partial charge in [0.25, 0.3) is 0 Å². The monoisotopic (exact) mass is 236 g/mol. The summed E-state index contributed by atoms with van der Waals surface area (Å²) in [5.74, 6) is 0.829. The van der Waals surface area contributed by atoms with Crippen LogP contribution >= 0.6 is 0 Å². The van der Waals surface area contributed by atoms with Crippen molar-refractivity contribution >= 4 is 0 Å². The van der Waals surface area contributed by atoms with E-state index in [4.69, 9.17) is 9.47 Å². The predicted octanol–water partition coefficient (Wildman–Crippen LogP) is 2.39. The molecule has 0 amide bonds. The number of ether oxygens (including phenoxy) is 2. The van der Waals surface area contributed by atoms with Crippen LogP contribution in [0.1, 0.15) is 30.9 Å². The third-order valence-electron chi connectivity index (χ3n) is 3.48. The minimum absolute atomic E-state index is 0.107. The second-order valence-electron chi connectivity index (χ2n) is 4.85. The Balaban J connectivity index is 2.32. The third-order valence-corrected chi connectivity index (χ3v) is 3.48. The first kappa shape index (κ1) is 12.4. The molecule has 3 heteroatoms. The van der Waals surface area contributed by atoms with E-state index in [1.54, 1.807) is 7.11 Å². The van der Waals surface area contributed by atoms with Crippen molar-refractivity contribution in [3.05, 3.63) is 29.3 Å². The Morgan fingerprint density at radius 1 is 1.47 bits per heavy atom. The average molecular weight is 236 g/mol. The van der Waals surface area contributed by atoms with E-state index >= 15 is 0 Å². The molecule has 1 aromatic rings. The molecule has 1 aliphatic rings. The Bertz CT molecular complexity index is 402. The van der Waals surface area contributed by atoms with Crippen molar-refractivity contribution in [3.63, 3.8) is 0 Å². The molecule has 0 aliphatic carbocycles. The van der Waals surface area contributed by atoms with Crippen LogP contribution in [0.25, 0.3) is 0 Å². The van der Waals surface area contributed by atoms with Gasteiger partial charge < -0.3 is 14.6 Å². The molecule has 1 aliphatic heterocycles. The van der Waals surface area contributed by atoms with Crippen molar-refractivity contribution < 1.29 is 14.6 Å². The van der Waals surface area contributed by atoms with Crippen LogP contribution < -0.4 is 4.74 Å². The fourth-order valence-corrected chi connectivity index (χ4v) is 2.60. The molecule has 2 rings (SSSR count). The summed E-state index contributed by atoms with van der Waals surface area (Å²) < 4.78 is 10.7. The first-order valence-electron chi connectivity index (χ1n) is 6.04. The summed E-state index contributed by atoms with van der Waals surface area (Å²) in [6.07, 6.45) is 1.42. The van der Waals surface area contributed by atoms with Crippen molar-refractivity contribution in [1.82, 2.24) is 0 Å². The van der Waals surface area contributed by atoms with Crippen LogP contribution in [0.3, 0.4) is 0 Å². The molecule has 0 saturated carbocycles. The second-order valence-corrected chi connectivity index (χ2v) is 4.85. The van der Waals surface area contributed by atoms with Gasteiger partial charge in [0.1, 0.15) is 5.75 Å². The van der Waals surface area contributed by atoms with Gasteiger partial charge in [0, 0.05) is 12.8 Å². The SMILES string of the molecule is COc1ccc(C2(O)CCOC(C)C2)c(C)c1. The maximum absolute atomic E-state index is 10.7. The largest absolute Gasteiger partial charge is 0.497 e. The van der Waals surface area contributed by atoms with E-state index in [0.29, 0.717) is 19.4 Å². The number of benzene rings is 1. The van der Waals surface area contributed by atoms with Gasteiger partial charge in [-0.05, 0) is 37.1 Å². The van der Waals surface area contributed by atoms with E-state index in [1.165, 1.54) is 0 Å². The summed E-state index contributed by atoms with van der Waals surface area (Å²) in [6.45, 7) is 4.63. The van der Waals surface area contributed by atoms with Gasteiger partial charge in [-0.1, -0.05) is 6.07 Å². The van der Waals surface area contributed by atoms with E-state index in [1.807, 2.05) is 32.0 Å². The summed E-state index contributed by atoms with van der Waals surface area (Å²) in [5, 5.41) is 10.7. The maximum Gasteiger partial charge on any atom is 0.119 e. The molecule has 3 nitrogen and oxygen atoms in total. The number of hydrogen-bond donors (Lipinski definition) is 1. The topological polar surface area (TPSA) is 38.7 Å². The zero-order valence-electron chi connectivity index (χ0n) is 10.7. The highest BCUT2D eigenvalue weighted by Crippen LogP contribution is 2.37. The first-order chi connectivity index (χ1) is 8.05. The van der Waals surface area contributed by atoms with E-state index in [0.717, 1.165) is 16.9 Å². The van der Waals surface area contributed by atoms with Crippen molar-refractivity contribution in [3.8, 4) is 5.75 Å². The smallest absolute Gasteiger partial charge is 0.119 e. The molecule has 2 atom stereocenters. The van der Waals surface area contributed by atoms with Crippen molar-refractivity contribution in [1.29, 1.82) is 0 Å². The number of rotatable bonds is 2. The zero-order chi connectivity index (χ0) is 12.5. The van der Waals surface area contributed by atoms with Crippen LogP contribution in [0.5, 0.6) is 5.75 Å². The first-order valence-corrected chi connectivity index (χ1v) is 6.04. The Hall–Kier alpha value is -1.06. The predicted molar refractivity (Wildman–Crippen MR) is 66.3 cm³/mol. The zero-order valence-corrected chi connectivity index (χ0v) is 10.7. The number of hydrogen-bond acceptors (Lipinski definition) is 3. The summed E-state index contributed by atoms with van der Waals surface area (Å²) >= 11 is 0. The molecule has 0 radical (unpaired) electrons. The summed E-state index contributed by atoms with van der Waals surface area (Å²) in [7, 11) is 1.65. The van der Waals surface area contributed by atoms with Crippen LogP contribution in [0.2, 0.25) is 0 Å². The second kappa shape index (κ2) is 4.67. The lowest BCUT2D eigenvalue weighted by Gasteiger charge is -2.37. The van der Waals surface area contributed by atoms with Gasteiger partial charge in [-0.2, -0.15) is 0 Å². The molecule has 1 fully saturated rings. The molecule has 0 aromatic heterocycles. The molecule has 17 heavy (non-hydrogen) atoms. The van der Waals surface area contributed by atoms with Crippen LogP contribution in [0.15, 0.2) is 18.2 Å². The number of aliphatic hydroxyl groups is 1. The van der Waals surface area contributed by atoms with E-state index in [9.17, 15) is 5.11 Å². The Morgan fingerprint density at radius 2 is 2.24 bits per heavy atom. The molecule has 94 valence electrons. The van der Waals surface area contributed by atoms with Gasteiger partial charge in [0.15, 0.2) is 0 Å². The molecule has 1 N–H and O–H groups in total. The van der Waals surface area contributed by atoms with Gasteiger partial charge in [0.05, 0.1) is 25.4 Å². The Morgan fingerprint density at radius 3 is 2.82 bits per heavy atom. The van der Waals surface area contributed by atoms with Gasteiger partial charge in [-0.15, -0.1) is 0 Å². The molecule has 1 heterocycles. The van der Waals surface area contributed by atoms with Crippen molar-refractivity contribution in [2.45, 2.75) is 38.4 Å². The standard InChI is InChI=1S/C14H20O3/c1-10-8-12(16-3)4-5-13(10)14(15)6-7-17-11(2)9-14/h4-5,8,11,15H,6-7,9H2,1-3H3. The Kier molecular flexibility index (Phi) is 3.40. The molecule has 1 saturated heterocycles. The number of aryl methyl sites for hydroxylation is 1. The van der Waals surface area contributed by atoms with Gasteiger partial charge in [-0.3, -0.25) is 0 Å². The molecule has 0 bridgehead atoms. The van der Waals surface area contributed by atoms with E-state index < -0.39 is 5.60 Å². The molecule has 2 unspecified atom stereocenters. The van der Waals surface area contributed by atoms with Crippen LogP contribution in [-0.2, 0) is 10.3 Å². The van der Waals surface area contributed by atoms with Crippen molar-refractivity contribution in [2.24, 2.45) is 0 Å². The summed E-state index contributed by atoms with van der Waals surface area (Å²) in [6, 6.07) is 5.83. The lowest BCUT2D eigenvalue weighted by molar-refractivity contribution is -0.102. The fourth-order valence-electron chi connectivity index (χ4n) is 2.60. The average Bonchev–Trinajstić information content (AvgIpc) is 2.28. The molecule has 0 spiro atoms. The van der Waals surface area contributed by atoms with Crippen LogP contribution in [0.4, 0.5) is 0 Å². The van der Waals surface area contributed by atoms with E-state index in [2.05, 4.69) is 0 Å². The minimum atomic E-state index is -0.756. The summed E-state index contributed by atoms with van der Waals surface area (Å²) in [5.41, 5.74) is 1.31. The normalized spacial score (nSPS) is 29.1. The lowest BCUT2D eigenvalue weighted by atomic mass is 9.82. The van der Waals surface area contributed by atoms with Crippen molar-refractivity contribution in [2.75, 3.05) is 13.7 Å². The molecule has 1 aromatic carbocycles. The molecular formula is C14H20O3. The van der Waals surface area contributed by atoms with Crippen LogP contribution in [0, 0.1) is 6.92 Å². The Labute approximate surface area is 102 Å². The number of methoxy groups -OCH3 is 1. The highest BCUT2D eigenvalue weighted by molar-refractivity contribution is 5.38. The maximum atomic E-state index is 10.7. The fraction of sp³-hybridized carbons (Fsp3) is 0.571. The molecular weight excluding hydrogens is 216 g/mol. The quantitative estimate of drug-likeness (QED) is 0.857. The summed E-state index contributed by atoms with van der Waals surface area (Å²) in [4.78, 5) is 0. The van der Waals surface area contributed by atoms with Gasteiger partial charge >= 0.3 is 0 Å². The highest BCUT2D eigenvalue weighted by atomic mass is 16.5. The van der Waals surface area contributed by atoms with Gasteiger partial charge in [-0.25, -0.2) is 0 Å².